The third-order valence-electron chi connectivity index (χ3n) is 4.19. The molecule has 0 saturated heterocycles. The summed E-state index contributed by atoms with van der Waals surface area (Å²) < 4.78 is 11.0. The van der Waals surface area contributed by atoms with Crippen LogP contribution in [0.2, 0.25) is 0 Å². The molecule has 2 N–H and O–H groups in total. The Labute approximate surface area is 204 Å². The molecule has 10 heteroatoms. The number of halogens is 2. The zero-order valence-electron chi connectivity index (χ0n) is 16.7. The summed E-state index contributed by atoms with van der Waals surface area (Å²) in [6.07, 6.45) is 0. The van der Waals surface area contributed by atoms with Crippen LogP contribution in [0.1, 0.15) is 27.6 Å². The number of phenolic OH excluding ortho intramolecular Hbond substituents is 1. The number of esters is 2. The Morgan fingerprint density at radius 1 is 1.06 bits per heavy atom. The average Bonchev–Trinajstić information content (AvgIpc) is 3.18. The van der Waals surface area contributed by atoms with Crippen LogP contribution < -0.4 is 5.32 Å². The Morgan fingerprint density at radius 3 is 2.47 bits per heavy atom. The van der Waals surface area contributed by atoms with Crippen LogP contribution in [-0.4, -0.2) is 36.2 Å². The van der Waals surface area contributed by atoms with Gasteiger partial charge in [0.05, 0.1) is 11.1 Å². The van der Waals surface area contributed by atoms with Gasteiger partial charge in [-0.25, -0.2) is 9.59 Å². The van der Waals surface area contributed by atoms with Gasteiger partial charge in [-0.05, 0) is 40.5 Å². The van der Waals surface area contributed by atoms with Crippen molar-refractivity contribution in [1.82, 2.24) is 0 Å². The van der Waals surface area contributed by atoms with Crippen molar-refractivity contribution in [3.63, 3.8) is 0 Å². The predicted molar refractivity (Wildman–Crippen MR) is 128 cm³/mol. The average molecular weight is 583 g/mol. The van der Waals surface area contributed by atoms with Gasteiger partial charge in [0, 0.05) is 15.4 Å². The Hall–Kier alpha value is -2.69. The molecule has 0 aliphatic heterocycles. The summed E-state index contributed by atoms with van der Waals surface area (Å²) in [6.45, 7) is 1.27. The van der Waals surface area contributed by atoms with Gasteiger partial charge in [0.25, 0.3) is 5.91 Å². The largest absolute Gasteiger partial charge is 0.506 e. The molecule has 0 radical (unpaired) electrons. The van der Waals surface area contributed by atoms with Crippen LogP contribution in [0, 0.1) is 0 Å². The first-order valence-corrected chi connectivity index (χ1v) is 11.8. The number of ether oxygens (including phenoxy) is 2. The maximum atomic E-state index is 12.6. The van der Waals surface area contributed by atoms with E-state index in [0.29, 0.717) is 14.5 Å². The molecule has 3 rings (SSSR count). The van der Waals surface area contributed by atoms with Gasteiger partial charge in [0.15, 0.2) is 6.61 Å². The van der Waals surface area contributed by atoms with Crippen LogP contribution in [0.5, 0.6) is 5.75 Å². The number of carbonyl (C=O) groups is 3. The molecule has 2 aromatic carbocycles. The monoisotopic (exact) mass is 581 g/mol. The highest BCUT2D eigenvalue weighted by Gasteiger charge is 2.23. The number of phenols is 1. The van der Waals surface area contributed by atoms with E-state index in [1.54, 1.807) is 18.4 Å². The van der Waals surface area contributed by atoms with Gasteiger partial charge in [0.1, 0.15) is 21.9 Å². The van der Waals surface area contributed by atoms with E-state index in [-0.39, 0.29) is 28.5 Å². The number of carbonyl (C=O) groups excluding carboxylic acids is 3. The Balaban J connectivity index is 1.76. The lowest BCUT2D eigenvalue weighted by Gasteiger charge is -2.10. The van der Waals surface area contributed by atoms with Crippen molar-refractivity contribution in [1.29, 1.82) is 0 Å². The van der Waals surface area contributed by atoms with Crippen molar-refractivity contribution in [3.05, 3.63) is 67.9 Å². The number of thiophene rings is 1. The lowest BCUT2D eigenvalue weighted by Crippen LogP contribution is -2.22. The summed E-state index contributed by atoms with van der Waals surface area (Å²) in [6, 6.07) is 12.2. The van der Waals surface area contributed by atoms with Crippen molar-refractivity contribution in [2.75, 3.05) is 18.5 Å². The third-order valence-corrected chi connectivity index (χ3v) is 6.15. The fourth-order valence-electron chi connectivity index (χ4n) is 2.78. The molecule has 0 atom stereocenters. The molecule has 1 aromatic heterocycles. The van der Waals surface area contributed by atoms with Crippen LogP contribution in [0.4, 0.5) is 5.00 Å². The van der Waals surface area contributed by atoms with E-state index in [9.17, 15) is 19.5 Å². The molecule has 3 aromatic rings. The fraction of sp³-hybridized carbons (Fsp3) is 0.136. The van der Waals surface area contributed by atoms with E-state index in [0.717, 1.165) is 16.9 Å². The lowest BCUT2D eigenvalue weighted by atomic mass is 10.0. The van der Waals surface area contributed by atoms with E-state index < -0.39 is 24.5 Å². The van der Waals surface area contributed by atoms with E-state index in [4.69, 9.17) is 9.47 Å². The van der Waals surface area contributed by atoms with Crippen LogP contribution in [-0.2, 0) is 14.3 Å². The van der Waals surface area contributed by atoms with Crippen molar-refractivity contribution in [3.8, 4) is 16.9 Å². The molecule has 0 spiro atoms. The second kappa shape index (κ2) is 10.8. The van der Waals surface area contributed by atoms with Crippen molar-refractivity contribution in [2.24, 2.45) is 0 Å². The molecular weight excluding hydrogens is 566 g/mol. The van der Waals surface area contributed by atoms with E-state index in [1.165, 1.54) is 6.07 Å². The molecule has 0 fully saturated rings. The van der Waals surface area contributed by atoms with E-state index >= 15 is 0 Å². The van der Waals surface area contributed by atoms with Crippen LogP contribution in [0.3, 0.4) is 0 Å². The Kier molecular flexibility index (Phi) is 8.05. The Morgan fingerprint density at radius 2 is 1.78 bits per heavy atom. The molecule has 0 aliphatic carbocycles. The Bertz CT molecular complexity index is 1160. The highest BCUT2D eigenvalue weighted by Crippen LogP contribution is 2.36. The van der Waals surface area contributed by atoms with Crippen LogP contribution >= 0.6 is 43.2 Å². The number of aromatic hydroxyl groups is 1. The van der Waals surface area contributed by atoms with Crippen LogP contribution in [0.15, 0.2) is 56.8 Å². The first-order valence-electron chi connectivity index (χ1n) is 9.30. The molecule has 0 unspecified atom stereocenters. The standard InChI is InChI=1S/C22H17Br2NO6S/c1-2-30-22(29)18-15(12-6-4-3-5-7-12)11-32-20(18)25-17(26)10-31-21(28)14-8-13(23)9-16(24)19(14)27/h3-9,11,27H,2,10H2,1H3,(H,25,26). The van der Waals surface area contributed by atoms with Gasteiger partial charge in [-0.2, -0.15) is 0 Å². The molecule has 0 aliphatic rings. The number of hydrogen-bond acceptors (Lipinski definition) is 7. The molecule has 166 valence electrons. The number of amides is 1. The quantitative estimate of drug-likeness (QED) is 0.351. The summed E-state index contributed by atoms with van der Waals surface area (Å²) in [7, 11) is 0. The summed E-state index contributed by atoms with van der Waals surface area (Å²) in [5.74, 6) is -2.38. The van der Waals surface area contributed by atoms with Crippen molar-refractivity contribution in [2.45, 2.75) is 6.92 Å². The minimum Gasteiger partial charge on any atom is -0.506 e. The molecule has 1 heterocycles. The van der Waals surface area contributed by atoms with E-state index in [1.807, 2.05) is 30.3 Å². The molecule has 0 saturated carbocycles. The normalized spacial score (nSPS) is 10.5. The second-order valence-corrected chi connectivity index (χ2v) is 9.00. The second-order valence-electron chi connectivity index (χ2n) is 6.35. The molecule has 7 nitrogen and oxygen atoms in total. The van der Waals surface area contributed by atoms with Gasteiger partial charge < -0.3 is 19.9 Å². The van der Waals surface area contributed by atoms with Gasteiger partial charge in [-0.15, -0.1) is 11.3 Å². The number of hydrogen-bond donors (Lipinski definition) is 2. The van der Waals surface area contributed by atoms with Crippen molar-refractivity contribution >= 4 is 66.0 Å². The number of rotatable bonds is 7. The fourth-order valence-corrected chi connectivity index (χ4v) is 4.98. The molecule has 0 bridgehead atoms. The summed E-state index contributed by atoms with van der Waals surface area (Å²) in [5, 5.41) is 14.7. The lowest BCUT2D eigenvalue weighted by molar-refractivity contribution is -0.119. The molecule has 1 amide bonds. The third kappa shape index (κ3) is 5.56. The first kappa shape index (κ1) is 24.0. The minimum absolute atomic E-state index is 0.103. The summed E-state index contributed by atoms with van der Waals surface area (Å²) in [5.41, 5.74) is 1.56. The maximum absolute atomic E-state index is 12.6. The topological polar surface area (TPSA) is 102 Å². The van der Waals surface area contributed by atoms with E-state index in [2.05, 4.69) is 37.2 Å². The first-order chi connectivity index (χ1) is 15.3. The van der Waals surface area contributed by atoms with Gasteiger partial charge in [0.2, 0.25) is 0 Å². The smallest absolute Gasteiger partial charge is 0.342 e. The number of nitrogens with one attached hydrogen (secondary N) is 1. The zero-order chi connectivity index (χ0) is 23.3. The number of anilines is 1. The molecule has 32 heavy (non-hydrogen) atoms. The SMILES string of the molecule is CCOC(=O)c1c(-c2ccccc2)csc1NC(=O)COC(=O)c1cc(Br)cc(Br)c1O. The predicted octanol–water partition coefficient (Wildman–Crippen LogP) is 5.62. The molecular formula is C22H17Br2NO6S. The highest BCUT2D eigenvalue weighted by atomic mass is 79.9. The maximum Gasteiger partial charge on any atom is 0.342 e. The van der Waals surface area contributed by atoms with Gasteiger partial charge >= 0.3 is 11.9 Å². The van der Waals surface area contributed by atoms with Crippen LogP contribution in [0.25, 0.3) is 11.1 Å². The number of benzene rings is 2. The highest BCUT2D eigenvalue weighted by molar-refractivity contribution is 9.11. The van der Waals surface area contributed by atoms with Gasteiger partial charge in [-0.3, -0.25) is 4.79 Å². The zero-order valence-corrected chi connectivity index (χ0v) is 20.7. The summed E-state index contributed by atoms with van der Waals surface area (Å²) >= 11 is 7.53. The van der Waals surface area contributed by atoms with Crippen molar-refractivity contribution < 1.29 is 29.0 Å². The summed E-state index contributed by atoms with van der Waals surface area (Å²) in [4.78, 5) is 37.3. The minimum atomic E-state index is -0.874. The van der Waals surface area contributed by atoms with Gasteiger partial charge in [-0.1, -0.05) is 46.3 Å².